The summed E-state index contributed by atoms with van der Waals surface area (Å²) < 4.78 is 10.2. The largest absolute Gasteiger partial charge is 0.493 e. The molecule has 0 aliphatic heterocycles. The molecule has 0 atom stereocenters. The number of ether oxygens (including phenoxy) is 2. The molecule has 0 aliphatic rings. The van der Waals surface area contributed by atoms with Crippen LogP contribution in [-0.4, -0.2) is 20.5 Å². The average Bonchev–Trinajstić information content (AvgIpc) is 2.28. The van der Waals surface area contributed by atoms with Gasteiger partial charge < -0.3 is 9.47 Å². The second-order valence-electron chi connectivity index (χ2n) is 2.72. The molecular formula is C11H11ClO3. The van der Waals surface area contributed by atoms with E-state index in [4.69, 9.17) is 21.1 Å². The van der Waals surface area contributed by atoms with Gasteiger partial charge in [0.25, 0.3) is 0 Å². The van der Waals surface area contributed by atoms with E-state index in [2.05, 4.69) is 0 Å². The summed E-state index contributed by atoms with van der Waals surface area (Å²) in [6, 6.07) is 5.19. The molecule has 0 heterocycles. The number of carbonyl (C=O) groups is 1. The molecule has 0 bridgehead atoms. The van der Waals surface area contributed by atoms with Crippen molar-refractivity contribution in [2.24, 2.45) is 0 Å². The van der Waals surface area contributed by atoms with Crippen LogP contribution in [0.4, 0.5) is 0 Å². The van der Waals surface area contributed by atoms with Crippen LogP contribution < -0.4 is 9.47 Å². The van der Waals surface area contributed by atoms with Gasteiger partial charge in [0, 0.05) is 0 Å². The molecule has 80 valence electrons. The van der Waals surface area contributed by atoms with Gasteiger partial charge in [0.15, 0.2) is 11.5 Å². The van der Waals surface area contributed by atoms with Gasteiger partial charge in [-0.1, -0.05) is 11.6 Å². The number of allylic oxidation sites excluding steroid dienone is 1. The van der Waals surface area contributed by atoms with Crippen molar-refractivity contribution in [2.75, 3.05) is 14.2 Å². The zero-order chi connectivity index (χ0) is 11.3. The number of aldehydes is 1. The number of hydrogen-bond acceptors (Lipinski definition) is 3. The van der Waals surface area contributed by atoms with E-state index in [0.29, 0.717) is 28.4 Å². The fraction of sp³-hybridized carbons (Fsp3) is 0.182. The van der Waals surface area contributed by atoms with Crippen LogP contribution in [0.15, 0.2) is 24.3 Å². The third-order valence-corrected chi connectivity index (χ3v) is 2.22. The van der Waals surface area contributed by atoms with E-state index in [9.17, 15) is 4.79 Å². The molecule has 1 aromatic carbocycles. The van der Waals surface area contributed by atoms with E-state index in [0.717, 1.165) is 0 Å². The van der Waals surface area contributed by atoms with Crippen LogP contribution in [0.2, 0.25) is 0 Å². The molecule has 4 heteroatoms. The SMILES string of the molecule is COc1ccc(/C(Cl)=C\C=O)cc1OC. The van der Waals surface area contributed by atoms with Gasteiger partial charge in [-0.2, -0.15) is 0 Å². The van der Waals surface area contributed by atoms with E-state index in [1.807, 2.05) is 0 Å². The van der Waals surface area contributed by atoms with Gasteiger partial charge in [0.2, 0.25) is 0 Å². The average molecular weight is 227 g/mol. The van der Waals surface area contributed by atoms with E-state index in [-0.39, 0.29) is 0 Å². The van der Waals surface area contributed by atoms with Crippen molar-refractivity contribution in [3.05, 3.63) is 29.8 Å². The molecule has 0 spiro atoms. The highest BCUT2D eigenvalue weighted by Crippen LogP contribution is 2.31. The van der Waals surface area contributed by atoms with Crippen LogP contribution in [0.1, 0.15) is 5.56 Å². The normalized spacial score (nSPS) is 11.0. The molecule has 1 rings (SSSR count). The summed E-state index contributed by atoms with van der Waals surface area (Å²) in [6.45, 7) is 0. The topological polar surface area (TPSA) is 35.5 Å². The van der Waals surface area contributed by atoms with Gasteiger partial charge in [0.1, 0.15) is 6.29 Å². The Balaban J connectivity index is 3.13. The first-order valence-electron chi connectivity index (χ1n) is 4.26. The van der Waals surface area contributed by atoms with Crippen LogP contribution >= 0.6 is 11.6 Å². The van der Waals surface area contributed by atoms with Crippen molar-refractivity contribution in [1.82, 2.24) is 0 Å². The Morgan fingerprint density at radius 1 is 1.27 bits per heavy atom. The van der Waals surface area contributed by atoms with E-state index >= 15 is 0 Å². The summed E-state index contributed by atoms with van der Waals surface area (Å²) in [4.78, 5) is 10.2. The number of halogens is 1. The number of hydrogen-bond donors (Lipinski definition) is 0. The summed E-state index contributed by atoms with van der Waals surface area (Å²) in [7, 11) is 3.10. The van der Waals surface area contributed by atoms with Gasteiger partial charge in [0.05, 0.1) is 19.3 Å². The molecule has 0 aliphatic carbocycles. The predicted molar refractivity (Wildman–Crippen MR) is 59.4 cm³/mol. The zero-order valence-corrected chi connectivity index (χ0v) is 9.25. The Labute approximate surface area is 93.3 Å². The molecule has 0 unspecified atom stereocenters. The lowest BCUT2D eigenvalue weighted by molar-refractivity contribution is -0.104. The minimum atomic E-state index is 0.367. The Hall–Kier alpha value is -1.48. The van der Waals surface area contributed by atoms with E-state index in [1.165, 1.54) is 6.08 Å². The lowest BCUT2D eigenvalue weighted by atomic mass is 10.2. The van der Waals surface area contributed by atoms with Gasteiger partial charge in [-0.05, 0) is 29.8 Å². The second-order valence-corrected chi connectivity index (χ2v) is 3.13. The lowest BCUT2D eigenvalue weighted by Gasteiger charge is -2.08. The van der Waals surface area contributed by atoms with Gasteiger partial charge in [-0.25, -0.2) is 0 Å². The Kier molecular flexibility index (Phi) is 4.18. The molecule has 0 radical (unpaired) electrons. The fourth-order valence-electron chi connectivity index (χ4n) is 1.14. The lowest BCUT2D eigenvalue weighted by Crippen LogP contribution is -1.91. The molecule has 3 nitrogen and oxygen atoms in total. The van der Waals surface area contributed by atoms with Crippen LogP contribution in [0.3, 0.4) is 0 Å². The summed E-state index contributed by atoms with van der Waals surface area (Å²) >= 11 is 5.86. The molecule has 1 aromatic rings. The van der Waals surface area contributed by atoms with Crippen LogP contribution in [0.5, 0.6) is 11.5 Å². The Morgan fingerprint density at radius 2 is 1.93 bits per heavy atom. The summed E-state index contributed by atoms with van der Waals surface area (Å²) in [5, 5.41) is 0.367. The quantitative estimate of drug-likeness (QED) is 0.585. The first kappa shape index (κ1) is 11.6. The number of rotatable bonds is 4. The molecule has 0 N–H and O–H groups in total. The van der Waals surface area contributed by atoms with Crippen molar-refractivity contribution >= 4 is 22.9 Å². The molecule has 0 saturated carbocycles. The third-order valence-electron chi connectivity index (χ3n) is 1.87. The highest BCUT2D eigenvalue weighted by atomic mass is 35.5. The van der Waals surface area contributed by atoms with Crippen molar-refractivity contribution < 1.29 is 14.3 Å². The summed E-state index contributed by atoms with van der Waals surface area (Å²) in [6.07, 6.45) is 1.92. The highest BCUT2D eigenvalue weighted by molar-refractivity contribution is 6.49. The Bertz CT molecular complexity index is 385. The van der Waals surface area contributed by atoms with Gasteiger partial charge in [-0.3, -0.25) is 4.79 Å². The molecule has 0 amide bonds. The monoisotopic (exact) mass is 226 g/mol. The summed E-state index contributed by atoms with van der Waals surface area (Å²) in [5.74, 6) is 1.20. The van der Waals surface area contributed by atoms with Crippen LogP contribution in [0.25, 0.3) is 5.03 Å². The Morgan fingerprint density at radius 3 is 2.47 bits per heavy atom. The molecule has 0 aromatic heterocycles. The highest BCUT2D eigenvalue weighted by Gasteiger charge is 2.06. The maximum absolute atomic E-state index is 10.2. The van der Waals surface area contributed by atoms with Crippen molar-refractivity contribution in [3.63, 3.8) is 0 Å². The predicted octanol–water partition coefficient (Wildman–Crippen LogP) is 2.48. The standard InChI is InChI=1S/C11H11ClO3/c1-14-10-4-3-8(7-11(10)15-2)9(12)5-6-13/h3-7H,1-2H3/b9-5+. The molecule has 15 heavy (non-hydrogen) atoms. The summed E-state index contributed by atoms with van der Waals surface area (Å²) in [5.41, 5.74) is 0.710. The number of carbonyl (C=O) groups excluding carboxylic acids is 1. The number of methoxy groups -OCH3 is 2. The molecule has 0 saturated heterocycles. The fourth-order valence-corrected chi connectivity index (χ4v) is 1.31. The van der Waals surface area contributed by atoms with Gasteiger partial charge in [-0.15, -0.1) is 0 Å². The maximum Gasteiger partial charge on any atom is 0.161 e. The second kappa shape index (κ2) is 5.41. The third kappa shape index (κ3) is 2.73. The van der Waals surface area contributed by atoms with Crippen molar-refractivity contribution in [3.8, 4) is 11.5 Å². The van der Waals surface area contributed by atoms with Crippen molar-refractivity contribution in [1.29, 1.82) is 0 Å². The van der Waals surface area contributed by atoms with Gasteiger partial charge >= 0.3 is 0 Å². The molecular weight excluding hydrogens is 216 g/mol. The van der Waals surface area contributed by atoms with Crippen LogP contribution in [-0.2, 0) is 4.79 Å². The number of benzene rings is 1. The van der Waals surface area contributed by atoms with Crippen LogP contribution in [0, 0.1) is 0 Å². The minimum Gasteiger partial charge on any atom is -0.493 e. The smallest absolute Gasteiger partial charge is 0.161 e. The van der Waals surface area contributed by atoms with E-state index < -0.39 is 0 Å². The zero-order valence-electron chi connectivity index (χ0n) is 8.49. The van der Waals surface area contributed by atoms with E-state index in [1.54, 1.807) is 32.4 Å². The molecule has 0 fully saturated rings. The first-order chi connectivity index (χ1) is 7.22. The minimum absolute atomic E-state index is 0.367. The first-order valence-corrected chi connectivity index (χ1v) is 4.64. The maximum atomic E-state index is 10.2. The van der Waals surface area contributed by atoms with Crippen molar-refractivity contribution in [2.45, 2.75) is 0 Å².